The second-order valence-electron chi connectivity index (χ2n) is 12.9. The Hall–Kier alpha value is -3.49. The third-order valence-electron chi connectivity index (χ3n) is 8.35. The zero-order valence-corrected chi connectivity index (χ0v) is 29.6. The van der Waals surface area contributed by atoms with E-state index in [1.807, 2.05) is 16.9 Å². The van der Waals surface area contributed by atoms with E-state index < -0.39 is 73.3 Å². The van der Waals surface area contributed by atoms with Gasteiger partial charge in [0.05, 0.1) is 6.61 Å². The summed E-state index contributed by atoms with van der Waals surface area (Å²) in [5, 5.41) is 0. The molecule has 56 heavy (non-hydrogen) atoms. The van der Waals surface area contributed by atoms with Crippen molar-refractivity contribution in [1.82, 2.24) is 0 Å². The average Bonchev–Trinajstić information content (AvgIpc) is 3.06. The number of allylic oxidation sites excluding steroid dienone is 4. The summed E-state index contributed by atoms with van der Waals surface area (Å²) in [6.07, 6.45) is -28.6. The highest BCUT2D eigenvalue weighted by molar-refractivity contribution is 5.76. The molecular weight excluding hydrogens is 797 g/mol. The first-order valence-electron chi connectivity index (χ1n) is 17.0. The number of unbranched alkanes of at least 4 members (excludes halogenated alkanes) is 5. The minimum absolute atomic E-state index is 0.102. The maximum Gasteiger partial charge on any atom is 0.527 e. The highest BCUT2D eigenvalue weighted by Crippen LogP contribution is 2.49. The van der Waals surface area contributed by atoms with Gasteiger partial charge in [-0.05, 0) is 49.1 Å². The number of benzene rings is 2. The Kier molecular flexibility index (Phi) is 15.4. The second-order valence-corrected chi connectivity index (χ2v) is 12.9. The number of hydrogen-bond acceptors (Lipinski definition) is 5. The predicted octanol–water partition coefficient (Wildman–Crippen LogP) is 12.3. The molecule has 0 amide bonds. The van der Waals surface area contributed by atoms with Crippen LogP contribution in [0.1, 0.15) is 76.3 Å². The fraction of sp³-hybridized carbons (Fsp3) is 0.556. The van der Waals surface area contributed by atoms with Gasteiger partial charge in [0, 0.05) is 11.0 Å². The van der Waals surface area contributed by atoms with Crippen LogP contribution in [0.4, 0.5) is 65.9 Å². The van der Waals surface area contributed by atoms with Crippen molar-refractivity contribution in [3.8, 4) is 5.75 Å². The monoisotopic (exact) mass is 834 g/mol. The molecule has 20 heteroatoms. The van der Waals surface area contributed by atoms with Gasteiger partial charge >= 0.3 is 36.9 Å². The summed E-state index contributed by atoms with van der Waals surface area (Å²) in [7, 11) is 0. The Morgan fingerprint density at radius 2 is 1.27 bits per heavy atom. The Bertz CT molecular complexity index is 1630. The van der Waals surface area contributed by atoms with E-state index in [0.29, 0.717) is 18.4 Å². The molecule has 0 spiro atoms. The molecule has 2 aromatic rings. The lowest BCUT2D eigenvalue weighted by atomic mass is 9.70. The van der Waals surface area contributed by atoms with Crippen molar-refractivity contribution in [1.29, 1.82) is 0 Å². The smallest absolute Gasteiger partial charge is 0.488 e. The van der Waals surface area contributed by atoms with Gasteiger partial charge in [-0.15, -0.1) is 13.2 Å². The molecule has 2 atom stereocenters. The zero-order valence-electron chi connectivity index (χ0n) is 29.6. The molecule has 1 aliphatic carbocycles. The Labute approximate surface area is 311 Å². The second kappa shape index (κ2) is 18.4. The van der Waals surface area contributed by atoms with Crippen LogP contribution in [0.15, 0.2) is 60.7 Å². The molecule has 0 bridgehead atoms. The quantitative estimate of drug-likeness (QED) is 0.0873. The van der Waals surface area contributed by atoms with Gasteiger partial charge < -0.3 is 9.47 Å². The predicted molar refractivity (Wildman–Crippen MR) is 169 cm³/mol. The molecule has 0 N–H and O–H groups in total. The first kappa shape index (κ1) is 46.9. The molecule has 0 radical (unpaired) electrons. The molecule has 0 saturated heterocycles. The van der Waals surface area contributed by atoms with E-state index in [9.17, 15) is 65.9 Å². The number of ether oxygens (including phenoxy) is 5. The van der Waals surface area contributed by atoms with E-state index in [0.717, 1.165) is 50.2 Å². The molecule has 3 rings (SSSR count). The summed E-state index contributed by atoms with van der Waals surface area (Å²) in [4.78, 5) is 0. The maximum absolute atomic E-state index is 14.5. The number of halogens is 15. The van der Waals surface area contributed by atoms with E-state index >= 15 is 0 Å². The van der Waals surface area contributed by atoms with Gasteiger partial charge in [0.25, 0.3) is 0 Å². The molecule has 0 fully saturated rings. The fourth-order valence-electron chi connectivity index (χ4n) is 5.60. The molecule has 0 saturated carbocycles. The van der Waals surface area contributed by atoms with E-state index in [-0.39, 0.29) is 11.3 Å². The van der Waals surface area contributed by atoms with Gasteiger partial charge in [0.2, 0.25) is 0 Å². The molecule has 316 valence electrons. The standard InChI is InChI=1S/C36H37F15O5/c1-3-4-5-6-7-8-18-30(19-16-24(17-20-30)27-10-9-11-28(37)29(27)38)25-12-14-26(15-13-25)53-23(2)21-52-22-31(39,40)54-32(41,42)33(43,44)55-34(45,46)35(47,48)56-36(49,50)51/h9-17,19,23H,3-8,18,20-22H2,1-2H3/t23-,30?/m0/s1. The van der Waals surface area contributed by atoms with Crippen LogP contribution in [0.3, 0.4) is 0 Å². The van der Waals surface area contributed by atoms with Crippen molar-refractivity contribution in [2.75, 3.05) is 13.2 Å². The summed E-state index contributed by atoms with van der Waals surface area (Å²) in [6.45, 7) is 0.265. The summed E-state index contributed by atoms with van der Waals surface area (Å²) in [5.74, 6) is -1.81. The Morgan fingerprint density at radius 1 is 0.696 bits per heavy atom. The van der Waals surface area contributed by atoms with Crippen LogP contribution in [-0.4, -0.2) is 56.2 Å². The van der Waals surface area contributed by atoms with Crippen LogP contribution in [0.25, 0.3) is 5.57 Å². The first-order valence-corrected chi connectivity index (χ1v) is 17.0. The number of hydrogen-bond donors (Lipinski definition) is 0. The Morgan fingerprint density at radius 3 is 1.84 bits per heavy atom. The van der Waals surface area contributed by atoms with E-state index in [1.165, 1.54) is 31.2 Å². The topological polar surface area (TPSA) is 46.2 Å². The lowest BCUT2D eigenvalue weighted by Gasteiger charge is -2.34. The van der Waals surface area contributed by atoms with Gasteiger partial charge in [0.15, 0.2) is 11.6 Å². The third-order valence-corrected chi connectivity index (χ3v) is 8.35. The third kappa shape index (κ3) is 12.8. The number of rotatable bonds is 22. The molecule has 1 unspecified atom stereocenters. The van der Waals surface area contributed by atoms with Crippen molar-refractivity contribution >= 4 is 5.57 Å². The van der Waals surface area contributed by atoms with Gasteiger partial charge in [0.1, 0.15) is 18.5 Å². The zero-order chi connectivity index (χ0) is 42.2. The maximum atomic E-state index is 14.5. The molecule has 0 heterocycles. The van der Waals surface area contributed by atoms with Gasteiger partial charge in [-0.3, -0.25) is 0 Å². The Balaban J connectivity index is 1.62. The van der Waals surface area contributed by atoms with Crippen molar-refractivity contribution in [3.05, 3.63) is 83.5 Å². The summed E-state index contributed by atoms with van der Waals surface area (Å²) in [6, 6.07) is 10.3. The normalized spacial score (nSPS) is 17.9. The van der Waals surface area contributed by atoms with Crippen molar-refractivity contribution < 1.29 is 89.5 Å². The summed E-state index contributed by atoms with van der Waals surface area (Å²) < 4.78 is 215. The minimum atomic E-state index is -7.14. The van der Waals surface area contributed by atoms with Gasteiger partial charge in [-0.2, -0.15) is 43.9 Å². The average molecular weight is 835 g/mol. The lowest BCUT2D eigenvalue weighted by Crippen LogP contribution is -2.57. The van der Waals surface area contributed by atoms with Crippen molar-refractivity contribution in [2.24, 2.45) is 0 Å². The molecule has 2 aromatic carbocycles. The highest BCUT2D eigenvalue weighted by Gasteiger charge is 2.74. The lowest BCUT2D eigenvalue weighted by molar-refractivity contribution is -0.564. The summed E-state index contributed by atoms with van der Waals surface area (Å²) in [5.41, 5.74) is 0.873. The molecule has 5 nitrogen and oxygen atoms in total. The van der Waals surface area contributed by atoms with E-state index in [1.54, 1.807) is 22.9 Å². The van der Waals surface area contributed by atoms with E-state index in [2.05, 4.69) is 16.4 Å². The molecule has 0 aromatic heterocycles. The first-order chi connectivity index (χ1) is 25.8. The molecular formula is C36H37F15O5. The van der Waals surface area contributed by atoms with Crippen LogP contribution >= 0.6 is 0 Å². The van der Waals surface area contributed by atoms with Gasteiger partial charge in [-0.1, -0.05) is 87.9 Å². The largest absolute Gasteiger partial charge is 0.527 e. The molecule has 1 aliphatic rings. The highest BCUT2D eigenvalue weighted by atomic mass is 19.4. The van der Waals surface area contributed by atoms with Crippen LogP contribution in [0, 0.1) is 11.6 Å². The van der Waals surface area contributed by atoms with Crippen molar-refractivity contribution in [2.45, 2.75) is 114 Å². The van der Waals surface area contributed by atoms with Crippen LogP contribution in [0.2, 0.25) is 0 Å². The minimum Gasteiger partial charge on any atom is -0.488 e. The number of alkyl halides is 13. The van der Waals surface area contributed by atoms with Crippen LogP contribution < -0.4 is 4.74 Å². The van der Waals surface area contributed by atoms with Crippen LogP contribution in [-0.2, 0) is 24.4 Å². The van der Waals surface area contributed by atoms with Crippen molar-refractivity contribution in [3.63, 3.8) is 0 Å². The summed E-state index contributed by atoms with van der Waals surface area (Å²) >= 11 is 0. The van der Waals surface area contributed by atoms with Gasteiger partial charge in [-0.25, -0.2) is 23.0 Å². The van der Waals surface area contributed by atoms with Crippen LogP contribution in [0.5, 0.6) is 5.75 Å². The fourth-order valence-corrected chi connectivity index (χ4v) is 5.60. The molecule has 0 aliphatic heterocycles. The SMILES string of the molecule is CCCCCCCCC1(c2ccc(O[C@@H](C)COCC(F)(F)OC(F)(F)C(F)(F)OC(F)(F)C(F)(F)OC(F)(F)F)cc2)C=CC(c2cccc(F)c2F)=CC1. The van der Waals surface area contributed by atoms with E-state index in [4.69, 9.17) is 4.74 Å².